The van der Waals surface area contributed by atoms with Gasteiger partial charge < -0.3 is 30.2 Å². The van der Waals surface area contributed by atoms with Crippen LogP contribution in [0.2, 0.25) is 0 Å². The minimum absolute atomic E-state index is 0.0683. The van der Waals surface area contributed by atoms with Crippen LogP contribution in [0.25, 0.3) is 0 Å². The van der Waals surface area contributed by atoms with Crippen LogP contribution >= 0.6 is 7.75 Å². The molecule has 0 radical (unpaired) electrons. The number of benzene rings is 1. The molecular formula is C15H18NO7P. The molecule has 9 heteroatoms. The average Bonchev–Trinajstić information content (AvgIpc) is 2.46. The van der Waals surface area contributed by atoms with Gasteiger partial charge in [-0.05, 0) is 35.9 Å². The molecule has 8 nitrogen and oxygen atoms in total. The van der Waals surface area contributed by atoms with Crippen molar-refractivity contribution in [3.63, 3.8) is 0 Å². The van der Waals surface area contributed by atoms with Crippen molar-refractivity contribution < 1.29 is 34.8 Å². The highest BCUT2D eigenvalue weighted by Crippen LogP contribution is 2.41. The van der Waals surface area contributed by atoms with E-state index in [1.165, 1.54) is 25.1 Å². The molecule has 0 saturated carbocycles. The highest BCUT2D eigenvalue weighted by Gasteiger charge is 2.43. The molecule has 130 valence electrons. The van der Waals surface area contributed by atoms with Crippen LogP contribution in [0.1, 0.15) is 18.4 Å². The summed E-state index contributed by atoms with van der Waals surface area (Å²) in [6.07, 6.45) is 3.29. The first kappa shape index (κ1) is 18.4. The van der Waals surface area contributed by atoms with Crippen molar-refractivity contribution in [1.29, 1.82) is 0 Å². The summed E-state index contributed by atoms with van der Waals surface area (Å²) in [6.45, 7) is 1.47. The summed E-state index contributed by atoms with van der Waals surface area (Å²) < 4.78 is 14.3. The van der Waals surface area contributed by atoms with Gasteiger partial charge in [0.15, 0.2) is 5.79 Å². The van der Waals surface area contributed by atoms with E-state index in [1.54, 1.807) is 6.07 Å². The Morgan fingerprint density at radius 3 is 2.46 bits per heavy atom. The zero-order chi connectivity index (χ0) is 18.1. The topological polar surface area (TPSA) is 151 Å². The summed E-state index contributed by atoms with van der Waals surface area (Å²) in [5.41, 5.74) is 0.108. The van der Waals surface area contributed by atoms with Crippen molar-refractivity contribution in [3.05, 3.63) is 53.8 Å². The predicted molar refractivity (Wildman–Crippen MR) is 86.5 cm³/mol. The fourth-order valence-electron chi connectivity index (χ4n) is 2.48. The molecule has 1 aliphatic carbocycles. The molecule has 0 aliphatic heterocycles. The highest BCUT2D eigenvalue weighted by atomic mass is 31.2. The fourth-order valence-corrected chi connectivity index (χ4v) is 2.97. The first-order chi connectivity index (χ1) is 11.0. The second kappa shape index (κ2) is 6.51. The molecule has 2 atom stereocenters. The van der Waals surface area contributed by atoms with Crippen molar-refractivity contribution in [2.24, 2.45) is 10.7 Å². The van der Waals surface area contributed by atoms with Crippen LogP contribution in [0.3, 0.4) is 0 Å². The van der Waals surface area contributed by atoms with E-state index in [-0.39, 0.29) is 17.2 Å². The Morgan fingerprint density at radius 2 is 1.88 bits per heavy atom. The molecule has 0 fully saturated rings. The zero-order valence-corrected chi connectivity index (χ0v) is 13.6. The lowest BCUT2D eigenvalue weighted by molar-refractivity contribution is -0.188. The van der Waals surface area contributed by atoms with Gasteiger partial charge in [0.25, 0.3) is 0 Å². The number of phenols is 1. The van der Waals surface area contributed by atoms with Crippen LogP contribution in [-0.4, -0.2) is 41.7 Å². The van der Waals surface area contributed by atoms with Gasteiger partial charge in [0.05, 0.1) is 11.6 Å². The summed E-state index contributed by atoms with van der Waals surface area (Å²) in [4.78, 5) is 18.0. The zero-order valence-electron chi connectivity index (χ0n) is 12.7. The lowest BCUT2D eigenvalue weighted by Crippen LogP contribution is -2.46. The summed E-state index contributed by atoms with van der Waals surface area (Å²) >= 11 is 0. The molecule has 0 amide bonds. The molecule has 2 rings (SSSR count). The molecule has 0 bridgehead atoms. The predicted octanol–water partition coefficient (Wildman–Crippen LogP) is 1.34. The van der Waals surface area contributed by atoms with Gasteiger partial charge in [0, 0.05) is 5.92 Å². The molecule has 0 spiro atoms. The lowest BCUT2D eigenvalue weighted by atomic mass is 9.79. The normalized spacial score (nSPS) is 21.6. The van der Waals surface area contributed by atoms with Gasteiger partial charge in [0.2, 0.25) is 0 Å². The van der Waals surface area contributed by atoms with Gasteiger partial charge in [0.1, 0.15) is 11.5 Å². The van der Waals surface area contributed by atoms with Crippen LogP contribution in [0.15, 0.2) is 53.0 Å². The maximum atomic E-state index is 11.1. The molecule has 6 N–H and O–H groups in total. The Kier molecular flexibility index (Phi) is 4.98. The molecule has 0 saturated heterocycles. The van der Waals surface area contributed by atoms with E-state index in [4.69, 9.17) is 9.79 Å². The number of nitrogens with zero attached hydrogens (tertiary/aromatic N) is 1. The Balaban J connectivity index is 2.46. The van der Waals surface area contributed by atoms with Gasteiger partial charge in [-0.25, -0.2) is 4.57 Å². The van der Waals surface area contributed by atoms with E-state index in [2.05, 4.69) is 4.76 Å². The number of aromatic hydroxyl groups is 1. The lowest BCUT2D eigenvalue weighted by Gasteiger charge is -2.36. The minimum Gasteiger partial charge on any atom is -0.508 e. The maximum Gasteiger partial charge on any atom is 0.448 e. The SMILES string of the molecule is CC(c1cccc(O)c1)C(O)(O)C1C=C(O)C=CC1=NP(=O)(O)O. The third-order valence-electron chi connectivity index (χ3n) is 3.79. The number of aliphatic hydroxyl groups excluding tert-OH is 1. The van der Waals surface area contributed by atoms with Crippen LogP contribution in [-0.2, 0) is 4.57 Å². The van der Waals surface area contributed by atoms with Crippen molar-refractivity contribution in [2.45, 2.75) is 18.6 Å². The molecule has 1 aliphatic rings. The Morgan fingerprint density at radius 1 is 1.21 bits per heavy atom. The second-order valence-corrected chi connectivity index (χ2v) is 6.77. The van der Waals surface area contributed by atoms with E-state index in [9.17, 15) is 25.0 Å². The maximum absolute atomic E-state index is 11.1. The third-order valence-corrected chi connectivity index (χ3v) is 4.28. The second-order valence-electron chi connectivity index (χ2n) is 5.54. The number of phenolic OH excluding ortho intramolecular Hbond substituents is 1. The van der Waals surface area contributed by atoms with E-state index in [0.29, 0.717) is 5.56 Å². The van der Waals surface area contributed by atoms with Crippen LogP contribution < -0.4 is 0 Å². The molecule has 24 heavy (non-hydrogen) atoms. The summed E-state index contributed by atoms with van der Waals surface area (Å²) in [7, 11) is -4.81. The number of rotatable bonds is 4. The summed E-state index contributed by atoms with van der Waals surface area (Å²) in [6, 6.07) is 5.85. The molecule has 1 aromatic carbocycles. The molecule has 2 unspecified atom stereocenters. The molecular weight excluding hydrogens is 337 g/mol. The molecule has 0 aromatic heterocycles. The van der Waals surface area contributed by atoms with Crippen LogP contribution in [0.5, 0.6) is 5.75 Å². The van der Waals surface area contributed by atoms with Gasteiger partial charge in [-0.2, -0.15) is 4.76 Å². The molecule has 1 aromatic rings. The van der Waals surface area contributed by atoms with Crippen molar-refractivity contribution >= 4 is 13.5 Å². The highest BCUT2D eigenvalue weighted by molar-refractivity contribution is 7.50. The largest absolute Gasteiger partial charge is 0.508 e. The van der Waals surface area contributed by atoms with Crippen molar-refractivity contribution in [1.82, 2.24) is 0 Å². The summed E-state index contributed by atoms with van der Waals surface area (Å²) in [5, 5.41) is 40.3. The monoisotopic (exact) mass is 355 g/mol. The van der Waals surface area contributed by atoms with Crippen LogP contribution in [0.4, 0.5) is 0 Å². The number of hydrogen-bond donors (Lipinski definition) is 6. The third kappa shape index (κ3) is 4.11. The smallest absolute Gasteiger partial charge is 0.448 e. The molecule has 0 heterocycles. The first-order valence-electron chi connectivity index (χ1n) is 6.99. The van der Waals surface area contributed by atoms with E-state index in [0.717, 1.165) is 18.2 Å². The van der Waals surface area contributed by atoms with Crippen molar-refractivity contribution in [2.75, 3.05) is 0 Å². The van der Waals surface area contributed by atoms with Gasteiger partial charge in [-0.15, -0.1) is 0 Å². The van der Waals surface area contributed by atoms with Gasteiger partial charge >= 0.3 is 7.75 Å². The van der Waals surface area contributed by atoms with Gasteiger partial charge in [-0.3, -0.25) is 0 Å². The standard InChI is InChI=1S/C15H18NO7P/c1-9(10-3-2-4-11(17)7-10)15(19,20)13-8-12(18)5-6-14(13)16-24(21,22)23/h2-9,13,17-20H,1H3,(H2,21,22,23). The van der Waals surface area contributed by atoms with Crippen LogP contribution in [0, 0.1) is 5.92 Å². The quantitative estimate of drug-likeness (QED) is 0.352. The Hall–Kier alpha value is -1.96. The number of aliphatic hydroxyl groups is 3. The van der Waals surface area contributed by atoms with Gasteiger partial charge in [-0.1, -0.05) is 19.1 Å². The van der Waals surface area contributed by atoms with Crippen molar-refractivity contribution in [3.8, 4) is 5.75 Å². The van der Waals surface area contributed by atoms with E-state index in [1.807, 2.05) is 0 Å². The summed E-state index contributed by atoms with van der Waals surface area (Å²) in [5.74, 6) is -5.23. The van der Waals surface area contributed by atoms with E-state index < -0.39 is 25.4 Å². The fraction of sp³-hybridized carbons (Fsp3) is 0.267. The first-order valence-corrected chi connectivity index (χ1v) is 8.55. The number of allylic oxidation sites excluding steroid dienone is 2. The van der Waals surface area contributed by atoms with E-state index >= 15 is 0 Å². The Bertz CT molecular complexity index is 763. The average molecular weight is 355 g/mol. The minimum atomic E-state index is -4.81. The number of hydrogen-bond acceptors (Lipinski definition) is 5. The Labute approximate surface area is 138 Å².